The molecule has 5 heteroatoms. The van der Waals surface area contributed by atoms with Crippen molar-refractivity contribution in [1.29, 1.82) is 0 Å². The monoisotopic (exact) mass is 205 g/mol. The molecule has 14 heavy (non-hydrogen) atoms. The third-order valence-corrected chi connectivity index (χ3v) is 2.49. The van der Waals surface area contributed by atoms with Gasteiger partial charge in [-0.2, -0.15) is 0 Å². The Bertz CT molecular complexity index is 217. The van der Waals surface area contributed by atoms with E-state index in [4.69, 9.17) is 18.9 Å². The van der Waals surface area contributed by atoms with Gasteiger partial charge in [-0.1, -0.05) is 0 Å². The molecule has 0 radical (unpaired) electrons. The van der Waals surface area contributed by atoms with Gasteiger partial charge in [0.25, 0.3) is 0 Å². The van der Waals surface area contributed by atoms with Crippen LogP contribution in [0.1, 0.15) is 13.8 Å². The molecule has 2 aliphatic rings. The molecule has 0 saturated carbocycles. The lowest BCUT2D eigenvalue weighted by Crippen LogP contribution is -2.52. The van der Waals surface area contributed by atoms with Crippen molar-refractivity contribution in [2.24, 2.45) is 0 Å². The highest BCUT2D eigenvalue weighted by Gasteiger charge is 2.50. The molecule has 82 valence electrons. The van der Waals surface area contributed by atoms with Gasteiger partial charge >= 0.3 is 0 Å². The van der Waals surface area contributed by atoms with Gasteiger partial charge in [0.2, 0.25) is 0 Å². The molecule has 0 aromatic carbocycles. The summed E-state index contributed by atoms with van der Waals surface area (Å²) in [6, 6.07) is 0. The smallest absolute Gasteiger partial charge is 0.185 e. The second kappa shape index (κ2) is 3.43. The molecular formula is C9H16O5. The highest BCUT2D eigenvalue weighted by molar-refractivity contribution is 4.91. The van der Waals surface area contributed by atoms with Crippen LogP contribution >= 0.6 is 0 Å². The zero-order chi connectivity index (χ0) is 10.3. The normalized spacial score (nSPS) is 46.3. The minimum absolute atomic E-state index is 0.202. The molecule has 0 bridgehead atoms. The highest BCUT2D eigenvalue weighted by Crippen LogP contribution is 2.34. The summed E-state index contributed by atoms with van der Waals surface area (Å²) in [7, 11) is 1.50. The van der Waals surface area contributed by atoms with Crippen LogP contribution in [0.25, 0.3) is 0 Å². The van der Waals surface area contributed by atoms with Crippen molar-refractivity contribution in [3.63, 3.8) is 0 Å². The molecular weight excluding hydrogens is 189 g/mol. The maximum Gasteiger partial charge on any atom is 0.185 e. The first kappa shape index (κ1) is 10.3. The number of hydrogen-bond acceptors (Lipinski definition) is 5. The minimum atomic E-state index is -0.791. The standard InChI is InChI=1S/C9H16O5/c1-9(2)13-5-4-12-8(11-3)6(10)7(5)14-9/h5-8,10H,4H2,1-3H3/t5-,6+,7-,8-/m0/s1/i8+1. The summed E-state index contributed by atoms with van der Waals surface area (Å²) in [4.78, 5) is 0. The lowest BCUT2D eigenvalue weighted by Gasteiger charge is -2.33. The van der Waals surface area contributed by atoms with E-state index in [1.165, 1.54) is 7.11 Å². The van der Waals surface area contributed by atoms with E-state index in [0.29, 0.717) is 6.61 Å². The molecule has 0 spiro atoms. The minimum Gasteiger partial charge on any atom is -0.385 e. The fourth-order valence-corrected chi connectivity index (χ4v) is 1.93. The van der Waals surface area contributed by atoms with Gasteiger partial charge in [-0.05, 0) is 13.8 Å². The summed E-state index contributed by atoms with van der Waals surface area (Å²) in [5.74, 6) is -0.650. The van der Waals surface area contributed by atoms with E-state index in [0.717, 1.165) is 0 Å². The maximum atomic E-state index is 9.82. The number of ether oxygens (including phenoxy) is 4. The zero-order valence-corrected chi connectivity index (χ0v) is 8.60. The fourth-order valence-electron chi connectivity index (χ4n) is 1.93. The van der Waals surface area contributed by atoms with Gasteiger partial charge in [0.15, 0.2) is 12.1 Å². The summed E-state index contributed by atoms with van der Waals surface area (Å²) >= 11 is 0. The second-order valence-electron chi connectivity index (χ2n) is 4.07. The Hall–Kier alpha value is -0.200. The number of rotatable bonds is 1. The van der Waals surface area contributed by atoms with Crippen LogP contribution in [0.3, 0.4) is 0 Å². The molecule has 0 aromatic heterocycles. The maximum absolute atomic E-state index is 9.82. The Morgan fingerprint density at radius 1 is 1.36 bits per heavy atom. The van der Waals surface area contributed by atoms with Crippen molar-refractivity contribution in [3.05, 3.63) is 0 Å². The first-order valence-corrected chi connectivity index (χ1v) is 4.71. The molecule has 1 N–H and O–H groups in total. The van der Waals surface area contributed by atoms with E-state index < -0.39 is 18.2 Å². The first-order chi connectivity index (χ1) is 6.53. The largest absolute Gasteiger partial charge is 0.385 e. The summed E-state index contributed by atoms with van der Waals surface area (Å²) in [5.41, 5.74) is 0. The van der Waals surface area contributed by atoms with Gasteiger partial charge in [0, 0.05) is 7.11 Å². The van der Waals surface area contributed by atoms with Crippen LogP contribution < -0.4 is 0 Å². The zero-order valence-electron chi connectivity index (χ0n) is 8.60. The van der Waals surface area contributed by atoms with E-state index in [1.807, 2.05) is 13.8 Å². The Morgan fingerprint density at radius 3 is 2.71 bits per heavy atom. The number of methoxy groups -OCH3 is 1. The molecule has 2 heterocycles. The van der Waals surface area contributed by atoms with Crippen molar-refractivity contribution >= 4 is 0 Å². The fraction of sp³-hybridized carbons (Fsp3) is 1.00. The summed E-state index contributed by atoms with van der Waals surface area (Å²) in [6.45, 7) is 4.03. The van der Waals surface area contributed by atoms with Gasteiger partial charge in [-0.25, -0.2) is 0 Å². The van der Waals surface area contributed by atoms with E-state index >= 15 is 0 Å². The third-order valence-electron chi connectivity index (χ3n) is 2.49. The van der Waals surface area contributed by atoms with Gasteiger partial charge in [0.05, 0.1) is 6.61 Å². The quantitative estimate of drug-likeness (QED) is 0.604. The van der Waals surface area contributed by atoms with E-state index in [-0.39, 0.29) is 12.2 Å². The Labute approximate surface area is 82.9 Å². The Kier molecular flexibility index (Phi) is 2.53. The third kappa shape index (κ3) is 1.66. The molecule has 2 aliphatic heterocycles. The topological polar surface area (TPSA) is 57.2 Å². The SMILES string of the molecule is CO[13C@H]1OC[C@@H]2OC(C)(C)O[C@@H]2[C@H]1O. The molecule has 2 saturated heterocycles. The molecule has 4 atom stereocenters. The van der Waals surface area contributed by atoms with Crippen LogP contribution in [0.4, 0.5) is 0 Å². The van der Waals surface area contributed by atoms with Gasteiger partial charge in [0.1, 0.15) is 18.3 Å². The van der Waals surface area contributed by atoms with E-state index in [1.54, 1.807) is 0 Å². The Morgan fingerprint density at radius 2 is 2.07 bits per heavy atom. The van der Waals surface area contributed by atoms with Crippen molar-refractivity contribution < 1.29 is 24.1 Å². The van der Waals surface area contributed by atoms with Crippen molar-refractivity contribution in [3.8, 4) is 0 Å². The average Bonchev–Trinajstić information content (AvgIpc) is 2.42. The van der Waals surface area contributed by atoms with Crippen LogP contribution in [-0.4, -0.2) is 49.2 Å². The average molecular weight is 205 g/mol. The van der Waals surface area contributed by atoms with Crippen LogP contribution in [-0.2, 0) is 18.9 Å². The molecule has 2 rings (SSSR count). The molecule has 5 nitrogen and oxygen atoms in total. The molecule has 0 aromatic rings. The molecule has 0 unspecified atom stereocenters. The second-order valence-corrected chi connectivity index (χ2v) is 4.07. The lowest BCUT2D eigenvalue weighted by molar-refractivity contribution is -0.241. The van der Waals surface area contributed by atoms with Gasteiger partial charge in [-0.15, -0.1) is 0 Å². The van der Waals surface area contributed by atoms with E-state index in [2.05, 4.69) is 0 Å². The van der Waals surface area contributed by atoms with Gasteiger partial charge in [-0.3, -0.25) is 0 Å². The van der Waals surface area contributed by atoms with Crippen molar-refractivity contribution in [2.45, 2.75) is 44.2 Å². The number of aliphatic hydroxyl groups is 1. The lowest BCUT2D eigenvalue weighted by atomic mass is 10.1. The van der Waals surface area contributed by atoms with Gasteiger partial charge < -0.3 is 24.1 Å². The highest BCUT2D eigenvalue weighted by atomic mass is 16.8. The van der Waals surface area contributed by atoms with Crippen LogP contribution in [0, 0.1) is 0 Å². The number of fused-ring (bicyclic) bond motifs is 1. The van der Waals surface area contributed by atoms with Crippen LogP contribution in [0.15, 0.2) is 0 Å². The molecule has 0 amide bonds. The van der Waals surface area contributed by atoms with Crippen molar-refractivity contribution in [2.75, 3.05) is 13.7 Å². The predicted molar refractivity (Wildman–Crippen MR) is 46.6 cm³/mol. The number of hydrogen-bond donors (Lipinski definition) is 1. The summed E-state index contributed by atoms with van der Waals surface area (Å²) in [6.07, 6.45) is -1.97. The Balaban J connectivity index is 2.08. The molecule has 2 fully saturated rings. The summed E-state index contributed by atoms with van der Waals surface area (Å²) < 4.78 is 21.4. The predicted octanol–water partition coefficient (Wildman–Crippen LogP) is -0.130. The molecule has 0 aliphatic carbocycles. The number of aliphatic hydroxyl groups excluding tert-OH is 1. The first-order valence-electron chi connectivity index (χ1n) is 4.71. The van der Waals surface area contributed by atoms with Crippen LogP contribution in [0.5, 0.6) is 0 Å². The summed E-state index contributed by atoms with van der Waals surface area (Å²) in [5, 5.41) is 9.82. The van der Waals surface area contributed by atoms with E-state index in [9.17, 15) is 5.11 Å². The van der Waals surface area contributed by atoms with Crippen LogP contribution in [0.2, 0.25) is 0 Å². The van der Waals surface area contributed by atoms with Crippen molar-refractivity contribution in [1.82, 2.24) is 0 Å².